The molecule has 176 valence electrons. The SMILES string of the molecule is C[C@@]1(O)[C@H](O)[C@@H](COP2(=O)OCC[C@@H](c3ccncc3)O2)O[C@H]1n1ccc2c(N)ncnc21. The van der Waals surface area contributed by atoms with Crippen molar-refractivity contribution in [2.24, 2.45) is 0 Å². The van der Waals surface area contributed by atoms with E-state index in [-0.39, 0.29) is 19.0 Å². The normalized spacial score (nSPS) is 34.6. The summed E-state index contributed by atoms with van der Waals surface area (Å²) in [6, 6.07) is 5.23. The number of hydrogen-bond donors (Lipinski definition) is 3. The Kier molecular flexibility index (Phi) is 5.69. The van der Waals surface area contributed by atoms with Crippen LogP contribution in [0.15, 0.2) is 43.1 Å². The largest absolute Gasteiger partial charge is 0.475 e. The number of pyridine rings is 1. The van der Waals surface area contributed by atoms with Crippen LogP contribution in [0.2, 0.25) is 0 Å². The second-order valence-corrected chi connectivity index (χ2v) is 9.78. The van der Waals surface area contributed by atoms with Crippen molar-refractivity contribution in [1.29, 1.82) is 0 Å². The van der Waals surface area contributed by atoms with E-state index < -0.39 is 38.0 Å². The van der Waals surface area contributed by atoms with Crippen LogP contribution in [0.1, 0.15) is 31.2 Å². The quantitative estimate of drug-likeness (QED) is 0.458. The van der Waals surface area contributed by atoms with Gasteiger partial charge in [0.15, 0.2) is 6.23 Å². The molecule has 5 heterocycles. The molecule has 0 saturated carbocycles. The molecule has 0 bridgehead atoms. The van der Waals surface area contributed by atoms with Gasteiger partial charge in [-0.3, -0.25) is 18.6 Å². The van der Waals surface area contributed by atoms with Crippen molar-refractivity contribution in [2.45, 2.75) is 43.5 Å². The first-order valence-electron chi connectivity index (χ1n) is 10.4. The third kappa shape index (κ3) is 4.04. The van der Waals surface area contributed by atoms with Gasteiger partial charge in [0.1, 0.15) is 35.6 Å². The topological polar surface area (TPSA) is 164 Å². The molecule has 0 aromatic carbocycles. The molecule has 4 N–H and O–H groups in total. The number of nitrogens with two attached hydrogens (primary N) is 1. The highest BCUT2D eigenvalue weighted by Crippen LogP contribution is 2.57. The van der Waals surface area contributed by atoms with E-state index in [1.165, 1.54) is 13.3 Å². The zero-order chi connectivity index (χ0) is 23.2. The molecule has 5 rings (SSSR count). The fraction of sp³-hybridized carbons (Fsp3) is 0.450. The Labute approximate surface area is 188 Å². The van der Waals surface area contributed by atoms with E-state index in [1.54, 1.807) is 41.4 Å². The number of phosphoric acid groups is 1. The van der Waals surface area contributed by atoms with E-state index in [1.807, 2.05) is 0 Å². The predicted octanol–water partition coefficient (Wildman–Crippen LogP) is 1.72. The minimum Gasteiger partial charge on any atom is -0.387 e. The van der Waals surface area contributed by atoms with Gasteiger partial charge < -0.3 is 25.3 Å². The molecule has 0 radical (unpaired) electrons. The molecule has 0 spiro atoms. The van der Waals surface area contributed by atoms with Gasteiger partial charge in [-0.05, 0) is 30.7 Å². The second kappa shape index (κ2) is 8.41. The van der Waals surface area contributed by atoms with Crippen LogP contribution in [0, 0.1) is 0 Å². The van der Waals surface area contributed by atoms with Crippen molar-refractivity contribution in [3.63, 3.8) is 0 Å². The van der Waals surface area contributed by atoms with Gasteiger partial charge in [0.05, 0.1) is 24.7 Å². The van der Waals surface area contributed by atoms with Crippen LogP contribution in [-0.2, 0) is 22.9 Å². The van der Waals surface area contributed by atoms with E-state index in [0.29, 0.717) is 17.5 Å². The van der Waals surface area contributed by atoms with Crippen molar-refractivity contribution < 1.29 is 33.1 Å². The van der Waals surface area contributed by atoms with Crippen molar-refractivity contribution in [3.8, 4) is 0 Å². The van der Waals surface area contributed by atoms with Crippen molar-refractivity contribution >= 4 is 24.7 Å². The van der Waals surface area contributed by atoms with Crippen molar-refractivity contribution in [1.82, 2.24) is 19.5 Å². The summed E-state index contributed by atoms with van der Waals surface area (Å²) < 4.78 is 36.9. The fourth-order valence-electron chi connectivity index (χ4n) is 4.11. The van der Waals surface area contributed by atoms with E-state index in [4.69, 9.17) is 24.0 Å². The van der Waals surface area contributed by atoms with Gasteiger partial charge in [-0.25, -0.2) is 14.5 Å². The predicted molar refractivity (Wildman–Crippen MR) is 115 cm³/mol. The first-order valence-corrected chi connectivity index (χ1v) is 11.8. The first kappa shape index (κ1) is 22.4. The minimum absolute atomic E-state index is 0.176. The monoisotopic (exact) mass is 477 g/mol. The summed E-state index contributed by atoms with van der Waals surface area (Å²) in [5.41, 5.74) is 5.42. The lowest BCUT2D eigenvalue weighted by Gasteiger charge is -2.30. The van der Waals surface area contributed by atoms with Gasteiger partial charge in [0, 0.05) is 25.0 Å². The zero-order valence-corrected chi connectivity index (χ0v) is 18.6. The lowest BCUT2D eigenvalue weighted by molar-refractivity contribution is -0.0950. The smallest absolute Gasteiger partial charge is 0.387 e. The average Bonchev–Trinajstić information content (AvgIpc) is 3.33. The highest BCUT2D eigenvalue weighted by molar-refractivity contribution is 7.48. The summed E-state index contributed by atoms with van der Waals surface area (Å²) in [4.78, 5) is 12.1. The minimum atomic E-state index is -3.92. The van der Waals surface area contributed by atoms with E-state index >= 15 is 0 Å². The highest BCUT2D eigenvalue weighted by Gasteiger charge is 2.54. The molecule has 3 aromatic heterocycles. The Morgan fingerprint density at radius 2 is 2.12 bits per heavy atom. The number of phosphoric ester groups is 1. The van der Waals surface area contributed by atoms with Gasteiger partial charge in [-0.2, -0.15) is 0 Å². The molecule has 12 nitrogen and oxygen atoms in total. The third-order valence-electron chi connectivity index (χ3n) is 5.91. The van der Waals surface area contributed by atoms with Gasteiger partial charge in [0.25, 0.3) is 0 Å². The number of ether oxygens (including phenoxy) is 1. The van der Waals surface area contributed by atoms with Crippen molar-refractivity contribution in [3.05, 3.63) is 48.7 Å². The Balaban J connectivity index is 1.31. The summed E-state index contributed by atoms with van der Waals surface area (Å²) in [5, 5.41) is 22.4. The van der Waals surface area contributed by atoms with Gasteiger partial charge >= 0.3 is 7.82 Å². The molecular weight excluding hydrogens is 453 g/mol. The number of anilines is 1. The summed E-state index contributed by atoms with van der Waals surface area (Å²) in [6.45, 7) is 1.29. The molecule has 2 aliphatic heterocycles. The molecular formula is C20H24N5O7P. The number of nitrogens with zero attached hydrogens (tertiary/aromatic N) is 4. The molecule has 2 aliphatic rings. The first-order chi connectivity index (χ1) is 15.8. The third-order valence-corrected chi connectivity index (χ3v) is 7.38. The number of aromatic nitrogens is 4. The molecule has 0 amide bonds. The number of fused-ring (bicyclic) bond motifs is 1. The molecule has 2 fully saturated rings. The fourth-order valence-corrected chi connectivity index (χ4v) is 5.50. The number of hydrogen-bond acceptors (Lipinski definition) is 11. The molecule has 0 aliphatic carbocycles. The number of nitrogen functional groups attached to an aromatic ring is 1. The van der Waals surface area contributed by atoms with Crippen LogP contribution in [0.25, 0.3) is 11.0 Å². The Morgan fingerprint density at radius 1 is 1.33 bits per heavy atom. The Morgan fingerprint density at radius 3 is 2.91 bits per heavy atom. The molecule has 13 heteroatoms. The van der Waals surface area contributed by atoms with Gasteiger partial charge in [-0.1, -0.05) is 0 Å². The van der Waals surface area contributed by atoms with Gasteiger partial charge in [0.2, 0.25) is 0 Å². The maximum atomic E-state index is 13.0. The second-order valence-electron chi connectivity index (χ2n) is 8.16. The average molecular weight is 477 g/mol. The van der Waals surface area contributed by atoms with Crippen LogP contribution >= 0.6 is 7.82 Å². The van der Waals surface area contributed by atoms with Crippen LogP contribution in [0.3, 0.4) is 0 Å². The highest BCUT2D eigenvalue weighted by atomic mass is 31.2. The van der Waals surface area contributed by atoms with E-state index in [0.717, 1.165) is 5.56 Å². The van der Waals surface area contributed by atoms with Crippen LogP contribution < -0.4 is 5.73 Å². The summed E-state index contributed by atoms with van der Waals surface area (Å²) in [7, 11) is -3.92. The summed E-state index contributed by atoms with van der Waals surface area (Å²) >= 11 is 0. The lowest BCUT2D eigenvalue weighted by Crippen LogP contribution is -2.44. The Hall–Kier alpha value is -2.44. The summed E-state index contributed by atoms with van der Waals surface area (Å²) in [6.07, 6.45) is 2.83. The maximum absolute atomic E-state index is 13.0. The van der Waals surface area contributed by atoms with Crippen LogP contribution in [0.4, 0.5) is 5.82 Å². The molecule has 33 heavy (non-hydrogen) atoms. The number of aliphatic hydroxyl groups excluding tert-OH is 1. The Bertz CT molecular complexity index is 1190. The molecule has 6 atom stereocenters. The summed E-state index contributed by atoms with van der Waals surface area (Å²) in [5.74, 6) is 0.283. The molecule has 3 aromatic rings. The lowest BCUT2D eigenvalue weighted by atomic mass is 9.96. The zero-order valence-electron chi connectivity index (χ0n) is 17.7. The van der Waals surface area contributed by atoms with E-state index in [9.17, 15) is 14.8 Å². The molecule has 1 unspecified atom stereocenters. The van der Waals surface area contributed by atoms with E-state index in [2.05, 4.69) is 15.0 Å². The van der Waals surface area contributed by atoms with Crippen molar-refractivity contribution in [2.75, 3.05) is 18.9 Å². The standard InChI is InChI=1S/C20H24N5O7P/c1-20(27)16(26)15(31-19(20)25-8-4-13-17(21)23-11-24-18(13)25)10-30-33(28)29-9-5-14(32-33)12-2-6-22-7-3-12/h2-4,6-8,11,14-16,19,26-27H,5,9-10H2,1H3,(H2,21,23,24)/t14-,15+,16+,19+,20+,33?/m0/s1. The molecule has 2 saturated heterocycles. The maximum Gasteiger partial charge on any atom is 0.475 e. The van der Waals surface area contributed by atoms with Crippen LogP contribution in [-0.4, -0.2) is 60.8 Å². The number of rotatable bonds is 5. The van der Waals surface area contributed by atoms with Gasteiger partial charge in [-0.15, -0.1) is 0 Å². The number of aliphatic hydroxyl groups is 2. The van der Waals surface area contributed by atoms with Crippen LogP contribution in [0.5, 0.6) is 0 Å².